The van der Waals surface area contributed by atoms with E-state index in [1.165, 1.54) is 6.20 Å². The highest BCUT2D eigenvalue weighted by Gasteiger charge is 2.19. The van der Waals surface area contributed by atoms with Crippen molar-refractivity contribution in [3.05, 3.63) is 79.1 Å². The number of ether oxygens (including phenoxy) is 1. The van der Waals surface area contributed by atoms with Crippen LogP contribution in [0.3, 0.4) is 0 Å². The number of fused-ring (bicyclic) bond motifs is 1. The molecule has 7 heteroatoms. The lowest BCUT2D eigenvalue weighted by atomic mass is 10.3. The molecule has 130 valence electrons. The van der Waals surface area contributed by atoms with Crippen LogP contribution in [0.1, 0.15) is 0 Å². The van der Waals surface area contributed by atoms with Gasteiger partial charge >= 0.3 is 0 Å². The maximum Gasteiger partial charge on any atom is 0.264 e. The maximum absolute atomic E-state index is 12.7. The van der Waals surface area contributed by atoms with Crippen molar-refractivity contribution in [2.75, 3.05) is 4.72 Å². The molecule has 0 saturated heterocycles. The summed E-state index contributed by atoms with van der Waals surface area (Å²) in [6.07, 6.45) is 3.04. The lowest BCUT2D eigenvalue weighted by Crippen LogP contribution is -2.12. The summed E-state index contributed by atoms with van der Waals surface area (Å²) in [6, 6.07) is 19.5. The Morgan fingerprint density at radius 2 is 1.62 bits per heavy atom. The quantitative estimate of drug-likeness (QED) is 0.556. The van der Waals surface area contributed by atoms with Gasteiger partial charge in [-0.2, -0.15) is 0 Å². The van der Waals surface area contributed by atoms with Crippen LogP contribution >= 0.6 is 0 Å². The number of H-pyrrole nitrogens is 1. The number of pyridine rings is 1. The van der Waals surface area contributed by atoms with Crippen LogP contribution < -0.4 is 9.46 Å². The number of hydrogen-bond acceptors (Lipinski definition) is 4. The molecule has 0 unspecified atom stereocenters. The average Bonchev–Trinajstić information content (AvgIpc) is 3.09. The molecule has 0 aliphatic carbocycles. The summed E-state index contributed by atoms with van der Waals surface area (Å²) in [7, 11) is -3.73. The van der Waals surface area contributed by atoms with Crippen LogP contribution in [0.15, 0.2) is 84.0 Å². The van der Waals surface area contributed by atoms with Crippen LogP contribution in [0.4, 0.5) is 5.69 Å². The first-order valence-corrected chi connectivity index (χ1v) is 9.38. The zero-order valence-corrected chi connectivity index (χ0v) is 14.4. The Morgan fingerprint density at radius 1 is 0.885 bits per heavy atom. The summed E-state index contributed by atoms with van der Waals surface area (Å²) >= 11 is 0. The fraction of sp³-hybridized carbons (Fsp3) is 0. The summed E-state index contributed by atoms with van der Waals surface area (Å²) in [6.45, 7) is 0. The second-order valence-electron chi connectivity index (χ2n) is 5.60. The number of anilines is 1. The zero-order chi connectivity index (χ0) is 18.0. The molecule has 0 spiro atoms. The van der Waals surface area contributed by atoms with Gasteiger partial charge in [0.1, 0.15) is 22.0 Å². The SMILES string of the molecule is O=S(=O)(Nc1ccc(Oc2ccccc2)cc1)c1c[nH]c2ncccc12. The molecule has 2 aromatic carbocycles. The lowest BCUT2D eigenvalue weighted by molar-refractivity contribution is 0.483. The molecule has 0 radical (unpaired) electrons. The van der Waals surface area contributed by atoms with Gasteiger partial charge in [-0.25, -0.2) is 13.4 Å². The Hall–Kier alpha value is -3.32. The van der Waals surface area contributed by atoms with Gasteiger partial charge in [-0.1, -0.05) is 18.2 Å². The van der Waals surface area contributed by atoms with E-state index in [2.05, 4.69) is 14.7 Å². The van der Waals surface area contributed by atoms with Crippen LogP contribution in [0.2, 0.25) is 0 Å². The Balaban J connectivity index is 1.55. The van der Waals surface area contributed by atoms with Crippen LogP contribution in [-0.2, 0) is 10.0 Å². The minimum absolute atomic E-state index is 0.158. The van der Waals surface area contributed by atoms with Gasteiger partial charge in [-0.3, -0.25) is 4.72 Å². The number of nitrogens with one attached hydrogen (secondary N) is 2. The normalized spacial score (nSPS) is 11.4. The van der Waals surface area contributed by atoms with Crippen molar-refractivity contribution in [1.29, 1.82) is 0 Å². The Morgan fingerprint density at radius 3 is 2.38 bits per heavy atom. The number of aromatic nitrogens is 2. The summed E-state index contributed by atoms with van der Waals surface area (Å²) in [5.74, 6) is 1.34. The number of sulfonamides is 1. The molecule has 0 aliphatic heterocycles. The third-order valence-electron chi connectivity index (χ3n) is 3.79. The van der Waals surface area contributed by atoms with Crippen molar-refractivity contribution in [3.63, 3.8) is 0 Å². The number of aromatic amines is 1. The zero-order valence-electron chi connectivity index (χ0n) is 13.6. The molecule has 26 heavy (non-hydrogen) atoms. The molecule has 0 atom stereocenters. The maximum atomic E-state index is 12.7. The highest BCUT2D eigenvalue weighted by molar-refractivity contribution is 7.93. The van der Waals surface area contributed by atoms with Crippen molar-refractivity contribution < 1.29 is 13.2 Å². The Kier molecular flexibility index (Phi) is 4.06. The molecule has 0 amide bonds. The predicted molar refractivity (Wildman–Crippen MR) is 99.9 cm³/mol. The van der Waals surface area contributed by atoms with Gasteiger partial charge in [-0.15, -0.1) is 0 Å². The summed E-state index contributed by atoms with van der Waals surface area (Å²) in [4.78, 5) is 7.13. The van der Waals surface area contributed by atoms with Crippen LogP contribution in [0.25, 0.3) is 11.0 Å². The minimum Gasteiger partial charge on any atom is -0.457 e. The van der Waals surface area contributed by atoms with E-state index >= 15 is 0 Å². The molecular formula is C19H15N3O3S. The van der Waals surface area contributed by atoms with E-state index in [4.69, 9.17) is 4.74 Å². The van der Waals surface area contributed by atoms with Gasteiger partial charge in [0.05, 0.1) is 0 Å². The highest BCUT2D eigenvalue weighted by atomic mass is 32.2. The Labute approximate surface area is 150 Å². The molecular weight excluding hydrogens is 350 g/mol. The van der Waals surface area contributed by atoms with E-state index in [9.17, 15) is 8.42 Å². The average molecular weight is 365 g/mol. The summed E-state index contributed by atoms with van der Waals surface area (Å²) in [5.41, 5.74) is 0.975. The van der Waals surface area contributed by atoms with E-state index in [1.807, 2.05) is 30.3 Å². The number of rotatable bonds is 5. The van der Waals surface area contributed by atoms with Crippen molar-refractivity contribution >= 4 is 26.7 Å². The summed E-state index contributed by atoms with van der Waals surface area (Å²) < 4.78 is 33.6. The van der Waals surface area contributed by atoms with Crippen molar-refractivity contribution in [2.45, 2.75) is 4.90 Å². The second-order valence-corrected chi connectivity index (χ2v) is 7.25. The molecule has 0 fully saturated rings. The van der Waals surface area contributed by atoms with Gasteiger partial charge in [0, 0.05) is 23.5 Å². The lowest BCUT2D eigenvalue weighted by Gasteiger charge is -2.09. The number of nitrogens with zero attached hydrogens (tertiary/aromatic N) is 1. The van der Waals surface area contributed by atoms with Crippen molar-refractivity contribution in [2.24, 2.45) is 0 Å². The van der Waals surface area contributed by atoms with E-state index in [1.54, 1.807) is 42.6 Å². The predicted octanol–water partition coefficient (Wildman–Crippen LogP) is 4.16. The summed E-state index contributed by atoms with van der Waals surface area (Å²) in [5, 5.41) is 0.545. The first-order chi connectivity index (χ1) is 12.6. The largest absolute Gasteiger partial charge is 0.457 e. The molecule has 4 rings (SSSR count). The van der Waals surface area contributed by atoms with Crippen molar-refractivity contribution in [1.82, 2.24) is 9.97 Å². The number of benzene rings is 2. The van der Waals surface area contributed by atoms with Gasteiger partial charge < -0.3 is 9.72 Å². The van der Waals surface area contributed by atoms with E-state index in [0.717, 1.165) is 0 Å². The smallest absolute Gasteiger partial charge is 0.264 e. The molecule has 2 heterocycles. The van der Waals surface area contributed by atoms with Gasteiger partial charge in [0.15, 0.2) is 0 Å². The topological polar surface area (TPSA) is 84.1 Å². The van der Waals surface area contributed by atoms with E-state index in [0.29, 0.717) is 28.2 Å². The van der Waals surface area contributed by atoms with E-state index < -0.39 is 10.0 Å². The fourth-order valence-corrected chi connectivity index (χ4v) is 3.80. The van der Waals surface area contributed by atoms with Gasteiger partial charge in [-0.05, 0) is 48.5 Å². The number of para-hydroxylation sites is 1. The van der Waals surface area contributed by atoms with Crippen LogP contribution in [0, 0.1) is 0 Å². The number of hydrogen-bond donors (Lipinski definition) is 2. The van der Waals surface area contributed by atoms with Crippen LogP contribution in [-0.4, -0.2) is 18.4 Å². The molecule has 4 aromatic rings. The first-order valence-electron chi connectivity index (χ1n) is 7.90. The highest BCUT2D eigenvalue weighted by Crippen LogP contribution is 2.26. The first kappa shape index (κ1) is 16.2. The molecule has 0 bridgehead atoms. The molecule has 0 saturated carbocycles. The monoisotopic (exact) mass is 365 g/mol. The second kappa shape index (κ2) is 6.53. The van der Waals surface area contributed by atoms with Crippen molar-refractivity contribution in [3.8, 4) is 11.5 Å². The van der Waals surface area contributed by atoms with Gasteiger partial charge in [0.25, 0.3) is 10.0 Å². The molecule has 2 aromatic heterocycles. The van der Waals surface area contributed by atoms with E-state index in [-0.39, 0.29) is 4.90 Å². The van der Waals surface area contributed by atoms with Gasteiger partial charge in [0.2, 0.25) is 0 Å². The Bertz CT molecular complexity index is 1140. The standard InChI is InChI=1S/C19H15N3O3S/c23-26(24,18-13-21-19-17(18)7-4-12-20-19)22-14-8-10-16(11-9-14)25-15-5-2-1-3-6-15/h1-13,22H,(H,20,21). The molecule has 2 N–H and O–H groups in total. The molecule has 6 nitrogen and oxygen atoms in total. The van der Waals surface area contributed by atoms with Crippen LogP contribution in [0.5, 0.6) is 11.5 Å². The third kappa shape index (κ3) is 3.25. The minimum atomic E-state index is -3.73. The molecule has 0 aliphatic rings. The fourth-order valence-electron chi connectivity index (χ4n) is 2.58. The third-order valence-corrected chi connectivity index (χ3v) is 5.21.